The zero-order valence-electron chi connectivity index (χ0n) is 9.38. The summed E-state index contributed by atoms with van der Waals surface area (Å²) >= 11 is 6.00. The fourth-order valence-corrected chi connectivity index (χ4v) is 2.29. The number of aromatic nitrogens is 1. The van der Waals surface area contributed by atoms with Crippen LogP contribution in [-0.2, 0) is 4.74 Å². The van der Waals surface area contributed by atoms with Gasteiger partial charge >= 0.3 is 0 Å². The first-order valence-electron chi connectivity index (χ1n) is 5.33. The van der Waals surface area contributed by atoms with Crippen LogP contribution in [0.5, 0.6) is 0 Å². The Morgan fingerprint density at radius 2 is 2.19 bits per heavy atom. The third-order valence-corrected chi connectivity index (χ3v) is 3.37. The standard InChI is InChI=1S/C12H13ClN2O/c1-7-8(2)11(10-4-3-5-16-10)15-12(13)9(7)6-14/h10H,3-5H2,1-2H3. The van der Waals surface area contributed by atoms with Gasteiger partial charge in [-0.3, -0.25) is 0 Å². The van der Waals surface area contributed by atoms with E-state index < -0.39 is 0 Å². The zero-order chi connectivity index (χ0) is 11.7. The second-order valence-electron chi connectivity index (χ2n) is 4.03. The molecule has 3 nitrogen and oxygen atoms in total. The molecule has 0 N–H and O–H groups in total. The van der Waals surface area contributed by atoms with Crippen molar-refractivity contribution in [1.29, 1.82) is 5.26 Å². The highest BCUT2D eigenvalue weighted by molar-refractivity contribution is 6.30. The smallest absolute Gasteiger partial charge is 0.147 e. The molecule has 1 unspecified atom stereocenters. The number of hydrogen-bond donors (Lipinski definition) is 0. The van der Waals surface area contributed by atoms with Gasteiger partial charge in [-0.05, 0) is 37.8 Å². The summed E-state index contributed by atoms with van der Waals surface area (Å²) in [7, 11) is 0. The Hall–Kier alpha value is -1.11. The van der Waals surface area contributed by atoms with Gasteiger partial charge in [0.2, 0.25) is 0 Å². The van der Waals surface area contributed by atoms with Gasteiger partial charge in [0.05, 0.1) is 17.4 Å². The van der Waals surface area contributed by atoms with Crippen LogP contribution in [0.25, 0.3) is 0 Å². The Morgan fingerprint density at radius 1 is 1.44 bits per heavy atom. The van der Waals surface area contributed by atoms with E-state index in [4.69, 9.17) is 21.6 Å². The molecule has 1 atom stereocenters. The Labute approximate surface area is 100 Å². The van der Waals surface area contributed by atoms with Crippen molar-refractivity contribution in [1.82, 2.24) is 4.98 Å². The van der Waals surface area contributed by atoms with E-state index >= 15 is 0 Å². The SMILES string of the molecule is Cc1c(C2CCCO2)nc(Cl)c(C#N)c1C. The summed E-state index contributed by atoms with van der Waals surface area (Å²) in [5, 5.41) is 9.26. The summed E-state index contributed by atoms with van der Waals surface area (Å²) in [4.78, 5) is 4.30. The van der Waals surface area contributed by atoms with Gasteiger partial charge in [0.25, 0.3) is 0 Å². The van der Waals surface area contributed by atoms with Crippen molar-refractivity contribution in [3.8, 4) is 6.07 Å². The topological polar surface area (TPSA) is 45.9 Å². The number of nitriles is 1. The monoisotopic (exact) mass is 236 g/mol. The van der Waals surface area contributed by atoms with Crippen molar-refractivity contribution in [3.63, 3.8) is 0 Å². The minimum Gasteiger partial charge on any atom is -0.372 e. The summed E-state index contributed by atoms with van der Waals surface area (Å²) in [5.74, 6) is 0. The second kappa shape index (κ2) is 4.40. The van der Waals surface area contributed by atoms with E-state index in [-0.39, 0.29) is 11.3 Å². The molecule has 0 aromatic carbocycles. The Kier molecular flexibility index (Phi) is 3.13. The molecule has 0 radical (unpaired) electrons. The molecule has 0 spiro atoms. The highest BCUT2D eigenvalue weighted by Gasteiger charge is 2.23. The lowest BCUT2D eigenvalue weighted by Gasteiger charge is -2.15. The maximum atomic E-state index is 8.97. The average Bonchev–Trinajstić information content (AvgIpc) is 2.77. The number of rotatable bonds is 1. The van der Waals surface area contributed by atoms with Gasteiger partial charge in [0, 0.05) is 6.61 Å². The quantitative estimate of drug-likeness (QED) is 0.704. The molecule has 0 aliphatic carbocycles. The van der Waals surface area contributed by atoms with Crippen LogP contribution in [0.4, 0.5) is 0 Å². The lowest BCUT2D eigenvalue weighted by molar-refractivity contribution is 0.108. The van der Waals surface area contributed by atoms with Crippen LogP contribution in [0.3, 0.4) is 0 Å². The first-order valence-corrected chi connectivity index (χ1v) is 5.71. The van der Waals surface area contributed by atoms with Crippen LogP contribution in [-0.4, -0.2) is 11.6 Å². The lowest BCUT2D eigenvalue weighted by Crippen LogP contribution is -2.06. The minimum atomic E-state index is 0.0453. The third-order valence-electron chi connectivity index (χ3n) is 3.09. The third kappa shape index (κ3) is 1.79. The molecule has 1 saturated heterocycles. The number of ether oxygens (including phenoxy) is 1. The molecule has 2 rings (SSSR count). The van der Waals surface area contributed by atoms with Crippen molar-refractivity contribution in [2.24, 2.45) is 0 Å². The average molecular weight is 237 g/mol. The van der Waals surface area contributed by atoms with Crippen LogP contribution in [0, 0.1) is 25.2 Å². The van der Waals surface area contributed by atoms with E-state index in [0.717, 1.165) is 36.3 Å². The van der Waals surface area contributed by atoms with Crippen LogP contribution in [0.15, 0.2) is 0 Å². The van der Waals surface area contributed by atoms with E-state index in [0.29, 0.717) is 5.56 Å². The fourth-order valence-electron chi connectivity index (χ4n) is 2.02. The van der Waals surface area contributed by atoms with Gasteiger partial charge in [-0.1, -0.05) is 11.6 Å². The Bertz CT molecular complexity index is 459. The van der Waals surface area contributed by atoms with Gasteiger partial charge in [0.1, 0.15) is 11.2 Å². The molecule has 1 aliphatic rings. The van der Waals surface area contributed by atoms with E-state index in [1.54, 1.807) is 0 Å². The van der Waals surface area contributed by atoms with Crippen molar-refractivity contribution in [2.45, 2.75) is 32.8 Å². The summed E-state index contributed by atoms with van der Waals surface area (Å²) in [6.45, 7) is 4.65. The van der Waals surface area contributed by atoms with Crippen molar-refractivity contribution in [3.05, 3.63) is 27.5 Å². The summed E-state index contributed by atoms with van der Waals surface area (Å²) < 4.78 is 5.60. The zero-order valence-corrected chi connectivity index (χ0v) is 10.1. The summed E-state index contributed by atoms with van der Waals surface area (Å²) in [6, 6.07) is 2.09. The van der Waals surface area contributed by atoms with E-state index in [1.165, 1.54) is 0 Å². The van der Waals surface area contributed by atoms with Crippen molar-refractivity contribution in [2.75, 3.05) is 6.61 Å². The molecule has 16 heavy (non-hydrogen) atoms. The predicted octanol–water partition coefficient (Wildman–Crippen LogP) is 3.08. The summed E-state index contributed by atoms with van der Waals surface area (Å²) in [6.07, 6.45) is 2.08. The largest absolute Gasteiger partial charge is 0.372 e. The minimum absolute atomic E-state index is 0.0453. The Balaban J connectivity index is 2.52. The van der Waals surface area contributed by atoms with Crippen LogP contribution >= 0.6 is 11.6 Å². The van der Waals surface area contributed by atoms with Gasteiger partial charge < -0.3 is 4.74 Å². The van der Waals surface area contributed by atoms with Gasteiger partial charge in [-0.25, -0.2) is 4.98 Å². The van der Waals surface area contributed by atoms with E-state index in [9.17, 15) is 0 Å². The normalized spacial score (nSPS) is 19.8. The number of halogens is 1. The number of pyridine rings is 1. The second-order valence-corrected chi connectivity index (χ2v) is 4.38. The molecule has 0 amide bonds. The highest BCUT2D eigenvalue weighted by atomic mass is 35.5. The lowest BCUT2D eigenvalue weighted by atomic mass is 10.0. The van der Waals surface area contributed by atoms with Crippen LogP contribution in [0.1, 0.15) is 41.3 Å². The van der Waals surface area contributed by atoms with Gasteiger partial charge in [-0.15, -0.1) is 0 Å². The molecule has 1 aliphatic heterocycles. The molecular weight excluding hydrogens is 224 g/mol. The molecule has 4 heteroatoms. The molecule has 0 bridgehead atoms. The summed E-state index contributed by atoms with van der Waals surface area (Å²) in [5.41, 5.74) is 3.29. The Morgan fingerprint density at radius 3 is 2.75 bits per heavy atom. The van der Waals surface area contributed by atoms with Gasteiger partial charge in [-0.2, -0.15) is 5.26 Å². The molecule has 1 aromatic heterocycles. The first kappa shape index (κ1) is 11.4. The van der Waals surface area contributed by atoms with Crippen molar-refractivity contribution < 1.29 is 4.74 Å². The molecule has 84 valence electrons. The number of hydrogen-bond acceptors (Lipinski definition) is 3. The predicted molar refractivity (Wildman–Crippen MR) is 61.4 cm³/mol. The molecule has 2 heterocycles. The highest BCUT2D eigenvalue weighted by Crippen LogP contribution is 2.33. The maximum Gasteiger partial charge on any atom is 0.147 e. The molecule has 1 aromatic rings. The van der Waals surface area contributed by atoms with Crippen LogP contribution in [0.2, 0.25) is 5.15 Å². The van der Waals surface area contributed by atoms with E-state index in [2.05, 4.69) is 11.1 Å². The van der Waals surface area contributed by atoms with Crippen molar-refractivity contribution >= 4 is 11.6 Å². The molecular formula is C12H13ClN2O. The van der Waals surface area contributed by atoms with E-state index in [1.807, 2.05) is 13.8 Å². The maximum absolute atomic E-state index is 8.97. The van der Waals surface area contributed by atoms with Crippen LogP contribution < -0.4 is 0 Å². The first-order chi connectivity index (χ1) is 7.65. The molecule has 0 saturated carbocycles. The fraction of sp³-hybridized carbons (Fsp3) is 0.500. The molecule has 1 fully saturated rings. The number of nitrogens with zero attached hydrogens (tertiary/aromatic N) is 2. The van der Waals surface area contributed by atoms with Gasteiger partial charge in [0.15, 0.2) is 0 Å².